The number of hydrogen-bond acceptors (Lipinski definition) is 4. The van der Waals surface area contributed by atoms with E-state index < -0.39 is 0 Å². The fourth-order valence-corrected chi connectivity index (χ4v) is 2.29. The van der Waals surface area contributed by atoms with Crippen molar-refractivity contribution in [3.63, 3.8) is 0 Å². The maximum absolute atomic E-state index is 11.9. The summed E-state index contributed by atoms with van der Waals surface area (Å²) in [5.41, 5.74) is 1.93. The predicted molar refractivity (Wildman–Crippen MR) is 74.6 cm³/mol. The molecule has 1 saturated carbocycles. The molecule has 2 aromatic rings. The average molecular weight is 271 g/mol. The lowest BCUT2D eigenvalue weighted by molar-refractivity contribution is -0.122. The van der Waals surface area contributed by atoms with Gasteiger partial charge in [0.05, 0.1) is 5.69 Å². The zero-order valence-electron chi connectivity index (χ0n) is 11.6. The molecule has 2 heterocycles. The van der Waals surface area contributed by atoms with Gasteiger partial charge in [0.2, 0.25) is 5.91 Å². The Bertz CT molecular complexity index is 645. The maximum atomic E-state index is 11.9. The van der Waals surface area contributed by atoms with Gasteiger partial charge in [0.1, 0.15) is 12.1 Å². The van der Waals surface area contributed by atoms with Crippen molar-refractivity contribution >= 4 is 11.7 Å². The van der Waals surface area contributed by atoms with E-state index in [4.69, 9.17) is 0 Å². The van der Waals surface area contributed by atoms with Crippen molar-refractivity contribution in [2.45, 2.75) is 33.1 Å². The van der Waals surface area contributed by atoms with E-state index in [0.29, 0.717) is 11.6 Å². The summed E-state index contributed by atoms with van der Waals surface area (Å²) in [7, 11) is 0. The zero-order valence-corrected chi connectivity index (χ0v) is 11.6. The van der Waals surface area contributed by atoms with Gasteiger partial charge in [-0.05, 0) is 32.8 Å². The highest BCUT2D eigenvalue weighted by Crippen LogP contribution is 2.27. The average Bonchev–Trinajstić information content (AvgIpc) is 2.66. The first-order valence-corrected chi connectivity index (χ1v) is 6.80. The van der Waals surface area contributed by atoms with Crippen LogP contribution in [0.1, 0.15) is 30.7 Å². The number of anilines is 1. The van der Waals surface area contributed by atoms with Crippen LogP contribution in [0.3, 0.4) is 0 Å². The van der Waals surface area contributed by atoms with Crippen LogP contribution in [-0.4, -0.2) is 25.7 Å². The number of amides is 1. The molecule has 6 nitrogen and oxygen atoms in total. The number of nitrogens with one attached hydrogen (secondary N) is 1. The fraction of sp³-hybridized carbons (Fsp3) is 0.429. The molecular weight excluding hydrogens is 254 g/mol. The SMILES string of the molecule is Cc1cc(C)n(-c2cc(NC(=O)C3CCC3)ncn2)n1. The Labute approximate surface area is 117 Å². The number of hydrogen-bond donors (Lipinski definition) is 1. The van der Waals surface area contributed by atoms with Gasteiger partial charge in [0.25, 0.3) is 0 Å². The Morgan fingerprint density at radius 3 is 2.70 bits per heavy atom. The van der Waals surface area contributed by atoms with Crippen LogP contribution in [0, 0.1) is 19.8 Å². The summed E-state index contributed by atoms with van der Waals surface area (Å²) in [6.45, 7) is 3.90. The first-order valence-electron chi connectivity index (χ1n) is 6.80. The second-order valence-corrected chi connectivity index (χ2v) is 5.22. The summed E-state index contributed by atoms with van der Waals surface area (Å²) in [6.07, 6.45) is 4.53. The number of aromatic nitrogens is 4. The minimum Gasteiger partial charge on any atom is -0.310 e. The molecule has 2 aromatic heterocycles. The van der Waals surface area contributed by atoms with E-state index in [-0.39, 0.29) is 11.8 Å². The molecule has 6 heteroatoms. The smallest absolute Gasteiger partial charge is 0.228 e. The first-order chi connectivity index (χ1) is 9.63. The van der Waals surface area contributed by atoms with Crippen molar-refractivity contribution in [2.24, 2.45) is 5.92 Å². The van der Waals surface area contributed by atoms with E-state index in [1.54, 1.807) is 10.7 Å². The van der Waals surface area contributed by atoms with Crippen molar-refractivity contribution in [1.82, 2.24) is 19.7 Å². The van der Waals surface area contributed by atoms with Crippen LogP contribution in [-0.2, 0) is 4.79 Å². The highest BCUT2D eigenvalue weighted by Gasteiger charge is 2.25. The van der Waals surface area contributed by atoms with Crippen molar-refractivity contribution < 1.29 is 4.79 Å². The van der Waals surface area contributed by atoms with Gasteiger partial charge in [-0.25, -0.2) is 14.6 Å². The monoisotopic (exact) mass is 271 g/mol. The summed E-state index contributed by atoms with van der Waals surface area (Å²) in [4.78, 5) is 20.2. The molecule has 0 unspecified atom stereocenters. The van der Waals surface area contributed by atoms with Crippen LogP contribution < -0.4 is 5.32 Å². The lowest BCUT2D eigenvalue weighted by Gasteiger charge is -2.23. The number of carbonyl (C=O) groups excluding carboxylic acids is 1. The van der Waals surface area contributed by atoms with Crippen LogP contribution in [0.5, 0.6) is 0 Å². The standard InChI is InChI=1S/C14H17N5O/c1-9-6-10(2)19(18-9)13-7-12(15-8-16-13)17-14(20)11-4-3-5-11/h6-8,11H,3-5H2,1-2H3,(H,15,16,17,20). The molecule has 0 saturated heterocycles. The van der Waals surface area contributed by atoms with E-state index in [1.165, 1.54) is 6.33 Å². The second-order valence-electron chi connectivity index (χ2n) is 5.22. The summed E-state index contributed by atoms with van der Waals surface area (Å²) in [5, 5.41) is 7.23. The van der Waals surface area contributed by atoms with Crippen LogP contribution >= 0.6 is 0 Å². The van der Waals surface area contributed by atoms with Crippen molar-refractivity contribution in [3.8, 4) is 5.82 Å². The Hall–Kier alpha value is -2.24. The molecule has 0 spiro atoms. The Morgan fingerprint density at radius 1 is 1.30 bits per heavy atom. The highest BCUT2D eigenvalue weighted by molar-refractivity contribution is 5.92. The molecule has 104 valence electrons. The van der Waals surface area contributed by atoms with E-state index in [2.05, 4.69) is 20.4 Å². The Balaban J connectivity index is 1.82. The molecule has 1 aliphatic carbocycles. The molecule has 0 bridgehead atoms. The topological polar surface area (TPSA) is 72.7 Å². The van der Waals surface area contributed by atoms with Crippen LogP contribution in [0.4, 0.5) is 5.82 Å². The quantitative estimate of drug-likeness (QED) is 0.927. The molecule has 0 aliphatic heterocycles. The van der Waals surface area contributed by atoms with E-state index >= 15 is 0 Å². The second kappa shape index (κ2) is 5.03. The molecule has 1 aliphatic rings. The van der Waals surface area contributed by atoms with Crippen LogP contribution in [0.25, 0.3) is 5.82 Å². The van der Waals surface area contributed by atoms with Gasteiger partial charge < -0.3 is 5.32 Å². The molecular formula is C14H17N5O. The number of carbonyl (C=O) groups is 1. The first kappa shape index (κ1) is 12.8. The molecule has 0 atom stereocenters. The largest absolute Gasteiger partial charge is 0.310 e. The van der Waals surface area contributed by atoms with E-state index in [9.17, 15) is 4.79 Å². The molecule has 1 fully saturated rings. The Morgan fingerprint density at radius 2 is 2.10 bits per heavy atom. The number of rotatable bonds is 3. The van der Waals surface area contributed by atoms with Gasteiger partial charge in [-0.3, -0.25) is 4.79 Å². The molecule has 0 aromatic carbocycles. The third-order valence-electron chi connectivity index (χ3n) is 3.61. The molecule has 1 amide bonds. The van der Waals surface area contributed by atoms with Gasteiger partial charge in [0.15, 0.2) is 5.82 Å². The van der Waals surface area contributed by atoms with Gasteiger partial charge in [0, 0.05) is 17.7 Å². The van der Waals surface area contributed by atoms with Crippen molar-refractivity contribution in [3.05, 3.63) is 29.8 Å². The third-order valence-corrected chi connectivity index (χ3v) is 3.61. The molecule has 20 heavy (non-hydrogen) atoms. The van der Waals surface area contributed by atoms with Crippen LogP contribution in [0.15, 0.2) is 18.5 Å². The van der Waals surface area contributed by atoms with Crippen molar-refractivity contribution in [1.29, 1.82) is 0 Å². The third kappa shape index (κ3) is 2.41. The minimum absolute atomic E-state index is 0.0502. The molecule has 1 N–H and O–H groups in total. The normalized spacial score (nSPS) is 14.9. The van der Waals surface area contributed by atoms with Gasteiger partial charge in [-0.1, -0.05) is 6.42 Å². The molecule has 3 rings (SSSR count). The lowest BCUT2D eigenvalue weighted by atomic mass is 9.85. The summed E-state index contributed by atoms with van der Waals surface area (Å²) in [5.74, 6) is 1.38. The maximum Gasteiger partial charge on any atom is 0.228 e. The molecule has 0 radical (unpaired) electrons. The summed E-state index contributed by atoms with van der Waals surface area (Å²) < 4.78 is 1.75. The minimum atomic E-state index is 0.0502. The van der Waals surface area contributed by atoms with Gasteiger partial charge in [-0.2, -0.15) is 5.10 Å². The summed E-state index contributed by atoms with van der Waals surface area (Å²) >= 11 is 0. The van der Waals surface area contributed by atoms with Gasteiger partial charge >= 0.3 is 0 Å². The fourth-order valence-electron chi connectivity index (χ4n) is 2.29. The van der Waals surface area contributed by atoms with E-state index in [0.717, 1.165) is 30.7 Å². The Kier molecular flexibility index (Phi) is 3.22. The van der Waals surface area contributed by atoms with Gasteiger partial charge in [-0.15, -0.1) is 0 Å². The number of nitrogens with zero attached hydrogens (tertiary/aromatic N) is 4. The highest BCUT2D eigenvalue weighted by atomic mass is 16.2. The van der Waals surface area contributed by atoms with Crippen LogP contribution in [0.2, 0.25) is 0 Å². The summed E-state index contributed by atoms with van der Waals surface area (Å²) in [6, 6.07) is 3.73. The zero-order chi connectivity index (χ0) is 14.1. The lowest BCUT2D eigenvalue weighted by Crippen LogP contribution is -2.28. The van der Waals surface area contributed by atoms with Crippen molar-refractivity contribution in [2.75, 3.05) is 5.32 Å². The number of aryl methyl sites for hydroxylation is 2. The predicted octanol–water partition coefficient (Wildman–Crippen LogP) is 2.02. The van der Waals surface area contributed by atoms with E-state index in [1.807, 2.05) is 19.9 Å².